The van der Waals surface area contributed by atoms with Gasteiger partial charge in [-0.05, 0) is 35.4 Å². The van der Waals surface area contributed by atoms with Crippen LogP contribution in [0.2, 0.25) is 0 Å². The van der Waals surface area contributed by atoms with Gasteiger partial charge in [0, 0.05) is 18.7 Å². The summed E-state index contributed by atoms with van der Waals surface area (Å²) in [4.78, 5) is 2.45. The quantitative estimate of drug-likeness (QED) is 0.646. The van der Waals surface area contributed by atoms with Gasteiger partial charge in [-0.15, -0.1) is 0 Å². The molecule has 0 aliphatic carbocycles. The zero-order valence-electron chi connectivity index (χ0n) is 14.6. The fourth-order valence-electron chi connectivity index (χ4n) is 3.44. The summed E-state index contributed by atoms with van der Waals surface area (Å²) in [6.45, 7) is 5.09. The average molecular weight is 329 g/mol. The lowest BCUT2D eigenvalue weighted by Gasteiger charge is -2.23. The molecule has 1 unspecified atom stereocenters. The molecule has 0 saturated carbocycles. The number of para-hydroxylation sites is 1. The molecule has 0 radical (unpaired) electrons. The Kier molecular flexibility index (Phi) is 4.53. The normalized spacial score (nSPS) is 17.4. The van der Waals surface area contributed by atoms with Crippen LogP contribution in [0.25, 0.3) is 11.1 Å². The van der Waals surface area contributed by atoms with Crippen LogP contribution in [0, 0.1) is 0 Å². The van der Waals surface area contributed by atoms with E-state index in [1.54, 1.807) is 0 Å². The largest absolute Gasteiger partial charge is 0.484 e. The van der Waals surface area contributed by atoms with Crippen molar-refractivity contribution in [2.75, 3.05) is 13.1 Å². The average Bonchev–Trinajstić information content (AvgIpc) is 2.88. The van der Waals surface area contributed by atoms with Crippen LogP contribution in [0.1, 0.15) is 24.2 Å². The minimum Gasteiger partial charge on any atom is -0.484 e. The molecular weight excluding hydrogens is 306 g/mol. The molecule has 1 heterocycles. The number of hydrogen-bond donors (Lipinski definition) is 0. The lowest BCUT2D eigenvalue weighted by molar-refractivity contribution is 0.152. The molecule has 1 aliphatic rings. The maximum atomic E-state index is 6.42. The molecule has 0 bridgehead atoms. The first kappa shape index (κ1) is 15.9. The summed E-state index contributed by atoms with van der Waals surface area (Å²) in [7, 11) is 0. The zero-order valence-corrected chi connectivity index (χ0v) is 14.6. The van der Waals surface area contributed by atoms with E-state index < -0.39 is 0 Å². The second kappa shape index (κ2) is 7.12. The van der Waals surface area contributed by atoms with Gasteiger partial charge in [-0.25, -0.2) is 0 Å². The van der Waals surface area contributed by atoms with E-state index in [0.717, 1.165) is 25.4 Å². The second-order valence-electron chi connectivity index (χ2n) is 6.53. The van der Waals surface area contributed by atoms with Crippen LogP contribution >= 0.6 is 0 Å². The first-order chi connectivity index (χ1) is 12.3. The van der Waals surface area contributed by atoms with Crippen LogP contribution in [0.4, 0.5) is 0 Å². The van der Waals surface area contributed by atoms with Gasteiger partial charge >= 0.3 is 0 Å². The Bertz CT molecular complexity index is 843. The third-order valence-corrected chi connectivity index (χ3v) is 4.87. The Morgan fingerprint density at radius 3 is 2.48 bits per heavy atom. The van der Waals surface area contributed by atoms with E-state index in [2.05, 4.69) is 90.7 Å². The first-order valence-corrected chi connectivity index (χ1v) is 8.96. The summed E-state index contributed by atoms with van der Waals surface area (Å²) in [5.41, 5.74) is 4.98. The van der Waals surface area contributed by atoms with Crippen LogP contribution in [-0.2, 0) is 6.54 Å². The maximum absolute atomic E-state index is 6.42. The van der Waals surface area contributed by atoms with Crippen molar-refractivity contribution in [2.24, 2.45) is 0 Å². The van der Waals surface area contributed by atoms with Crippen molar-refractivity contribution in [1.29, 1.82) is 0 Å². The lowest BCUT2D eigenvalue weighted by Crippen LogP contribution is -2.27. The molecule has 2 heteroatoms. The third kappa shape index (κ3) is 3.45. The predicted molar refractivity (Wildman–Crippen MR) is 103 cm³/mol. The van der Waals surface area contributed by atoms with Gasteiger partial charge in [-0.1, -0.05) is 73.7 Å². The number of likely N-dealkylation sites (N-methyl/N-ethyl adjacent to an activating group) is 1. The highest BCUT2D eigenvalue weighted by Gasteiger charge is 2.23. The summed E-state index contributed by atoms with van der Waals surface area (Å²) >= 11 is 0. The van der Waals surface area contributed by atoms with E-state index >= 15 is 0 Å². The van der Waals surface area contributed by atoms with E-state index in [9.17, 15) is 0 Å². The van der Waals surface area contributed by atoms with Gasteiger partial charge in [0.2, 0.25) is 0 Å². The Morgan fingerprint density at radius 1 is 0.880 bits per heavy atom. The zero-order chi connectivity index (χ0) is 17.1. The van der Waals surface area contributed by atoms with E-state index in [4.69, 9.17) is 4.74 Å². The van der Waals surface area contributed by atoms with Crippen LogP contribution in [-0.4, -0.2) is 18.0 Å². The second-order valence-corrected chi connectivity index (χ2v) is 6.53. The number of ether oxygens (including phenoxy) is 1. The number of benzene rings is 3. The smallest absolute Gasteiger partial charge is 0.136 e. The highest BCUT2D eigenvalue weighted by Crippen LogP contribution is 2.32. The monoisotopic (exact) mass is 329 g/mol. The van der Waals surface area contributed by atoms with E-state index in [1.165, 1.54) is 22.3 Å². The standard InChI is InChI=1S/C23H23NO/c1-2-24-16-21-11-6-7-14-22(21)25-23(17-24)20-13-8-12-19(15-20)18-9-4-3-5-10-18/h3-15,23H,2,16-17H2,1H3. The Morgan fingerprint density at radius 2 is 1.64 bits per heavy atom. The molecule has 0 amide bonds. The molecule has 25 heavy (non-hydrogen) atoms. The third-order valence-electron chi connectivity index (χ3n) is 4.87. The summed E-state index contributed by atoms with van der Waals surface area (Å²) in [6.07, 6.45) is 0.0484. The van der Waals surface area contributed by atoms with Crippen LogP contribution in [0.3, 0.4) is 0 Å². The fraction of sp³-hybridized carbons (Fsp3) is 0.217. The Labute approximate surface area is 149 Å². The summed E-state index contributed by atoms with van der Waals surface area (Å²) < 4.78 is 6.42. The molecule has 1 aliphatic heterocycles. The fourth-order valence-corrected chi connectivity index (χ4v) is 3.44. The van der Waals surface area contributed by atoms with Gasteiger partial charge in [-0.2, -0.15) is 0 Å². The minimum atomic E-state index is 0.0484. The van der Waals surface area contributed by atoms with Crippen molar-refractivity contribution in [3.05, 3.63) is 90.0 Å². The summed E-state index contributed by atoms with van der Waals surface area (Å²) in [5, 5.41) is 0. The minimum absolute atomic E-state index is 0.0484. The number of fused-ring (bicyclic) bond motifs is 1. The molecule has 2 nitrogen and oxygen atoms in total. The lowest BCUT2D eigenvalue weighted by atomic mass is 10.0. The van der Waals surface area contributed by atoms with Crippen molar-refractivity contribution < 1.29 is 4.74 Å². The van der Waals surface area contributed by atoms with Gasteiger partial charge in [0.25, 0.3) is 0 Å². The molecule has 0 N–H and O–H groups in total. The molecule has 0 spiro atoms. The maximum Gasteiger partial charge on any atom is 0.136 e. The van der Waals surface area contributed by atoms with Crippen molar-refractivity contribution in [1.82, 2.24) is 4.90 Å². The first-order valence-electron chi connectivity index (χ1n) is 8.96. The van der Waals surface area contributed by atoms with Gasteiger partial charge in [0.1, 0.15) is 11.9 Å². The van der Waals surface area contributed by atoms with Gasteiger partial charge in [0.05, 0.1) is 0 Å². The Balaban J connectivity index is 1.69. The molecule has 4 rings (SSSR count). The highest BCUT2D eigenvalue weighted by molar-refractivity contribution is 5.64. The number of rotatable bonds is 3. The number of nitrogens with zero attached hydrogens (tertiary/aromatic N) is 1. The topological polar surface area (TPSA) is 12.5 Å². The molecule has 126 valence electrons. The SMILES string of the molecule is CCN1Cc2ccccc2OC(c2cccc(-c3ccccc3)c2)C1. The molecule has 3 aromatic carbocycles. The van der Waals surface area contributed by atoms with Crippen LogP contribution in [0.5, 0.6) is 5.75 Å². The van der Waals surface area contributed by atoms with Crippen molar-refractivity contribution in [2.45, 2.75) is 19.6 Å². The van der Waals surface area contributed by atoms with Gasteiger partial charge < -0.3 is 4.74 Å². The van der Waals surface area contributed by atoms with Gasteiger partial charge in [-0.3, -0.25) is 4.90 Å². The summed E-state index contributed by atoms with van der Waals surface area (Å²) in [6, 6.07) is 27.7. The van der Waals surface area contributed by atoms with Crippen molar-refractivity contribution in [3.8, 4) is 16.9 Å². The molecular formula is C23H23NO. The predicted octanol–water partition coefficient (Wildman–Crippen LogP) is 5.31. The van der Waals surface area contributed by atoms with Crippen LogP contribution in [0.15, 0.2) is 78.9 Å². The van der Waals surface area contributed by atoms with E-state index in [-0.39, 0.29) is 6.10 Å². The number of hydrogen-bond acceptors (Lipinski definition) is 2. The van der Waals surface area contributed by atoms with Crippen LogP contribution < -0.4 is 4.74 Å². The Hall–Kier alpha value is -2.58. The molecule has 0 aromatic heterocycles. The molecule has 0 fully saturated rings. The summed E-state index contributed by atoms with van der Waals surface area (Å²) in [5.74, 6) is 1.01. The molecule has 0 saturated heterocycles. The highest BCUT2D eigenvalue weighted by atomic mass is 16.5. The molecule has 3 aromatic rings. The van der Waals surface area contributed by atoms with Crippen molar-refractivity contribution in [3.63, 3.8) is 0 Å². The van der Waals surface area contributed by atoms with E-state index in [0.29, 0.717) is 0 Å². The van der Waals surface area contributed by atoms with Gasteiger partial charge in [0.15, 0.2) is 0 Å². The van der Waals surface area contributed by atoms with E-state index in [1.807, 2.05) is 0 Å². The molecule has 1 atom stereocenters. The van der Waals surface area contributed by atoms with Crippen molar-refractivity contribution >= 4 is 0 Å².